The van der Waals surface area contributed by atoms with Gasteiger partial charge in [-0.25, -0.2) is 4.79 Å². The molecule has 0 N–H and O–H groups in total. The number of benzene rings is 2. The van der Waals surface area contributed by atoms with E-state index in [1.165, 1.54) is 19.1 Å². The number of esters is 1. The molecule has 0 aliphatic carbocycles. The highest BCUT2D eigenvalue weighted by Gasteiger charge is 2.35. The van der Waals surface area contributed by atoms with Crippen LogP contribution < -0.4 is 9.47 Å². The molecule has 2 amide bonds. The molecule has 156 valence electrons. The first kappa shape index (κ1) is 21.9. The average Bonchev–Trinajstić information content (AvgIpc) is 3.01. The average molecular weight is 492 g/mol. The molecular weight excluding hydrogens is 474 g/mol. The van der Waals surface area contributed by atoms with Crippen LogP contribution in [0.1, 0.15) is 11.1 Å². The maximum Gasteiger partial charge on any atom is 0.343 e. The van der Waals surface area contributed by atoms with Gasteiger partial charge in [-0.2, -0.15) is 0 Å². The van der Waals surface area contributed by atoms with Crippen molar-refractivity contribution in [1.29, 1.82) is 0 Å². The summed E-state index contributed by atoms with van der Waals surface area (Å²) in [7, 11) is 2.73. The fraction of sp³-hybridized carbons (Fsp3) is 0.190. The van der Waals surface area contributed by atoms with Gasteiger partial charge in [-0.05, 0) is 41.1 Å². The molecule has 0 spiro atoms. The lowest BCUT2D eigenvalue weighted by molar-refractivity contribution is -0.142. The molecule has 7 nitrogen and oxygen atoms in total. The Morgan fingerprint density at radius 3 is 2.53 bits per heavy atom. The van der Waals surface area contributed by atoms with Crippen molar-refractivity contribution < 1.29 is 28.6 Å². The molecule has 0 bridgehead atoms. The topological polar surface area (TPSA) is 82.1 Å². The molecule has 3 rings (SSSR count). The predicted octanol–water partition coefficient (Wildman–Crippen LogP) is 4.25. The van der Waals surface area contributed by atoms with Crippen LogP contribution in [-0.2, 0) is 20.9 Å². The number of methoxy groups -OCH3 is 2. The summed E-state index contributed by atoms with van der Waals surface area (Å²) in [5, 5.41) is -0.323. The van der Waals surface area contributed by atoms with Crippen LogP contribution in [0.5, 0.6) is 11.5 Å². The Bertz CT molecular complexity index is 1010. The van der Waals surface area contributed by atoms with Crippen LogP contribution in [0, 0.1) is 0 Å². The first-order valence-corrected chi connectivity index (χ1v) is 10.4. The second-order valence-corrected chi connectivity index (χ2v) is 7.99. The summed E-state index contributed by atoms with van der Waals surface area (Å²) < 4.78 is 15.9. The van der Waals surface area contributed by atoms with E-state index in [1.807, 2.05) is 30.3 Å². The standard InChI is InChI=1S/C21H18BrNO6S/c1-27-16-8-14(15(22)10-17(16)29-12-19(24)28-2)9-18-20(25)23(21(26)30-18)11-13-6-4-3-5-7-13/h3-10H,11-12H2,1-2H3/b18-9-. The Kier molecular flexibility index (Phi) is 7.17. The van der Waals surface area contributed by atoms with Gasteiger partial charge in [0.2, 0.25) is 0 Å². The molecule has 1 aliphatic heterocycles. The predicted molar refractivity (Wildman–Crippen MR) is 116 cm³/mol. The van der Waals surface area contributed by atoms with Crippen LogP contribution in [0.2, 0.25) is 0 Å². The van der Waals surface area contributed by atoms with Crippen molar-refractivity contribution in [1.82, 2.24) is 4.90 Å². The molecule has 9 heteroatoms. The molecule has 2 aromatic carbocycles. The zero-order valence-corrected chi connectivity index (χ0v) is 18.6. The highest BCUT2D eigenvalue weighted by atomic mass is 79.9. The third-order valence-electron chi connectivity index (χ3n) is 4.20. The smallest absolute Gasteiger partial charge is 0.343 e. The number of carbonyl (C=O) groups is 3. The molecule has 0 atom stereocenters. The lowest BCUT2D eigenvalue weighted by atomic mass is 10.1. The van der Waals surface area contributed by atoms with Crippen molar-refractivity contribution in [2.75, 3.05) is 20.8 Å². The molecule has 30 heavy (non-hydrogen) atoms. The minimum Gasteiger partial charge on any atom is -0.493 e. The molecule has 1 aliphatic rings. The van der Waals surface area contributed by atoms with Crippen LogP contribution in [0.3, 0.4) is 0 Å². The largest absolute Gasteiger partial charge is 0.493 e. The number of ether oxygens (including phenoxy) is 3. The van der Waals surface area contributed by atoms with Crippen molar-refractivity contribution in [2.24, 2.45) is 0 Å². The van der Waals surface area contributed by atoms with E-state index in [4.69, 9.17) is 9.47 Å². The second kappa shape index (κ2) is 9.82. The highest BCUT2D eigenvalue weighted by Crippen LogP contribution is 2.38. The van der Waals surface area contributed by atoms with Gasteiger partial charge in [0.05, 0.1) is 25.7 Å². The van der Waals surface area contributed by atoms with E-state index in [-0.39, 0.29) is 24.3 Å². The quantitative estimate of drug-likeness (QED) is 0.422. The van der Waals surface area contributed by atoms with Crippen LogP contribution >= 0.6 is 27.7 Å². The summed E-state index contributed by atoms with van der Waals surface area (Å²) in [4.78, 5) is 37.9. The number of thioether (sulfide) groups is 1. The Labute approximate surface area is 186 Å². The van der Waals surface area contributed by atoms with Crippen molar-refractivity contribution in [3.05, 3.63) is 63.0 Å². The van der Waals surface area contributed by atoms with Crippen LogP contribution in [0.15, 0.2) is 51.8 Å². The Hall–Kier alpha value is -2.78. The number of imide groups is 1. The summed E-state index contributed by atoms with van der Waals surface area (Å²) >= 11 is 4.31. The number of hydrogen-bond donors (Lipinski definition) is 0. The van der Waals surface area contributed by atoms with Gasteiger partial charge in [0.15, 0.2) is 18.1 Å². The van der Waals surface area contributed by atoms with E-state index in [9.17, 15) is 14.4 Å². The van der Waals surface area contributed by atoms with Crippen LogP contribution in [0.25, 0.3) is 6.08 Å². The molecule has 1 saturated heterocycles. The molecule has 0 radical (unpaired) electrons. The summed E-state index contributed by atoms with van der Waals surface area (Å²) in [5.41, 5.74) is 1.50. The number of halogens is 1. The summed E-state index contributed by atoms with van der Waals surface area (Å²) in [5.74, 6) is -0.170. The minimum absolute atomic E-state index is 0.216. The van der Waals surface area contributed by atoms with E-state index in [1.54, 1.807) is 18.2 Å². The van der Waals surface area contributed by atoms with E-state index < -0.39 is 5.97 Å². The Balaban J connectivity index is 1.82. The van der Waals surface area contributed by atoms with Crippen molar-refractivity contribution in [3.8, 4) is 11.5 Å². The number of nitrogens with zero attached hydrogens (tertiary/aromatic N) is 1. The van der Waals surface area contributed by atoms with Gasteiger partial charge in [-0.1, -0.05) is 46.3 Å². The monoisotopic (exact) mass is 491 g/mol. The summed E-state index contributed by atoms with van der Waals surface area (Å²) in [6, 6.07) is 12.6. The van der Waals surface area contributed by atoms with E-state index in [2.05, 4.69) is 20.7 Å². The fourth-order valence-electron chi connectivity index (χ4n) is 2.67. The summed E-state index contributed by atoms with van der Waals surface area (Å²) in [6.07, 6.45) is 1.62. The van der Waals surface area contributed by atoms with Crippen LogP contribution in [0.4, 0.5) is 4.79 Å². The van der Waals surface area contributed by atoms with Gasteiger partial charge in [-0.15, -0.1) is 0 Å². The number of hydrogen-bond acceptors (Lipinski definition) is 7. The molecule has 0 aromatic heterocycles. The summed E-state index contributed by atoms with van der Waals surface area (Å²) in [6.45, 7) is -0.0509. The third kappa shape index (κ3) is 5.03. The minimum atomic E-state index is -0.524. The Morgan fingerprint density at radius 2 is 1.87 bits per heavy atom. The van der Waals surface area contributed by atoms with Gasteiger partial charge in [0.25, 0.3) is 11.1 Å². The van der Waals surface area contributed by atoms with Gasteiger partial charge in [-0.3, -0.25) is 14.5 Å². The van der Waals surface area contributed by atoms with E-state index in [0.29, 0.717) is 26.4 Å². The third-order valence-corrected chi connectivity index (χ3v) is 5.79. The normalized spacial score (nSPS) is 14.9. The van der Waals surface area contributed by atoms with Gasteiger partial charge in [0, 0.05) is 4.47 Å². The zero-order valence-electron chi connectivity index (χ0n) is 16.2. The fourth-order valence-corrected chi connectivity index (χ4v) is 3.94. The maximum atomic E-state index is 12.8. The van der Waals surface area contributed by atoms with Gasteiger partial charge < -0.3 is 14.2 Å². The van der Waals surface area contributed by atoms with Crippen molar-refractivity contribution in [2.45, 2.75) is 6.54 Å². The maximum absolute atomic E-state index is 12.8. The zero-order chi connectivity index (χ0) is 21.7. The van der Waals surface area contributed by atoms with Crippen molar-refractivity contribution in [3.63, 3.8) is 0 Å². The Morgan fingerprint density at radius 1 is 1.13 bits per heavy atom. The molecule has 1 heterocycles. The van der Waals surface area contributed by atoms with Crippen LogP contribution in [-0.4, -0.2) is 42.8 Å². The molecule has 1 fully saturated rings. The molecule has 0 saturated carbocycles. The number of carbonyl (C=O) groups excluding carboxylic acids is 3. The van der Waals surface area contributed by atoms with Gasteiger partial charge >= 0.3 is 5.97 Å². The lowest BCUT2D eigenvalue weighted by Gasteiger charge is -2.13. The molecule has 2 aromatic rings. The number of rotatable bonds is 7. The highest BCUT2D eigenvalue weighted by molar-refractivity contribution is 9.10. The number of amides is 2. The van der Waals surface area contributed by atoms with E-state index in [0.717, 1.165) is 17.3 Å². The van der Waals surface area contributed by atoms with E-state index >= 15 is 0 Å². The first-order valence-electron chi connectivity index (χ1n) is 8.79. The van der Waals surface area contributed by atoms with Crippen molar-refractivity contribution >= 4 is 50.9 Å². The SMILES string of the molecule is COC(=O)COc1cc(Br)c(/C=C2\SC(=O)N(Cc3ccccc3)C2=O)cc1OC. The second-order valence-electron chi connectivity index (χ2n) is 6.14. The molecule has 0 unspecified atom stereocenters. The molecular formula is C21H18BrNO6S. The van der Waals surface area contributed by atoms with Gasteiger partial charge in [0.1, 0.15) is 0 Å². The lowest BCUT2D eigenvalue weighted by Crippen LogP contribution is -2.27. The first-order chi connectivity index (χ1) is 14.4.